The first kappa shape index (κ1) is 13.9. The topological polar surface area (TPSA) is 84.3 Å². The van der Waals surface area contributed by atoms with Gasteiger partial charge < -0.3 is 10.6 Å². The first-order valence-electron chi connectivity index (χ1n) is 5.44. The minimum absolute atomic E-state index is 0.0150. The number of nitro groups is 1. The van der Waals surface area contributed by atoms with Crippen LogP contribution in [0.2, 0.25) is 0 Å². The molecule has 0 fully saturated rings. The van der Waals surface area contributed by atoms with Crippen molar-refractivity contribution < 1.29 is 14.1 Å². The predicted molar refractivity (Wildman–Crippen MR) is 64.8 cm³/mol. The Morgan fingerprint density at radius 3 is 2.78 bits per heavy atom. The number of carbonyl (C=O) groups is 1. The van der Waals surface area contributed by atoms with Gasteiger partial charge in [-0.3, -0.25) is 14.9 Å². The molecule has 0 saturated carbocycles. The number of hydrogen-bond donors (Lipinski definition) is 2. The molecule has 98 valence electrons. The average molecular weight is 255 g/mol. The zero-order valence-corrected chi connectivity index (χ0v) is 10.1. The van der Waals surface area contributed by atoms with Crippen molar-refractivity contribution in [1.29, 1.82) is 0 Å². The molecule has 0 aliphatic heterocycles. The van der Waals surface area contributed by atoms with Crippen molar-refractivity contribution in [1.82, 2.24) is 5.32 Å². The second-order valence-corrected chi connectivity index (χ2v) is 3.68. The van der Waals surface area contributed by atoms with Gasteiger partial charge >= 0.3 is 0 Å². The molecule has 0 saturated heterocycles. The number of anilines is 1. The highest BCUT2D eigenvalue weighted by Gasteiger charge is 2.19. The summed E-state index contributed by atoms with van der Waals surface area (Å²) in [5.41, 5.74) is -0.286. The van der Waals surface area contributed by atoms with E-state index in [1.165, 1.54) is 0 Å². The van der Waals surface area contributed by atoms with E-state index in [-0.39, 0.29) is 17.3 Å². The molecule has 0 aliphatic carbocycles. The minimum Gasteiger partial charge on any atom is -0.368 e. The smallest absolute Gasteiger partial charge is 0.292 e. The van der Waals surface area contributed by atoms with Crippen LogP contribution in [-0.4, -0.2) is 23.4 Å². The second-order valence-electron chi connectivity index (χ2n) is 3.68. The molecule has 0 spiro atoms. The van der Waals surface area contributed by atoms with E-state index >= 15 is 0 Å². The summed E-state index contributed by atoms with van der Waals surface area (Å²) >= 11 is 0. The molecule has 18 heavy (non-hydrogen) atoms. The largest absolute Gasteiger partial charge is 0.368 e. The number of halogens is 1. The van der Waals surface area contributed by atoms with Gasteiger partial charge in [0, 0.05) is 18.7 Å². The predicted octanol–water partition coefficient (Wildman–Crippen LogP) is 1.67. The summed E-state index contributed by atoms with van der Waals surface area (Å²) in [5.74, 6) is -0.915. The monoisotopic (exact) mass is 255 g/mol. The van der Waals surface area contributed by atoms with Gasteiger partial charge in [0.2, 0.25) is 5.91 Å². The van der Waals surface area contributed by atoms with Crippen LogP contribution in [0.15, 0.2) is 18.2 Å². The number of likely N-dealkylation sites (N-methyl/N-ethyl adjacent to an activating group) is 1. The van der Waals surface area contributed by atoms with Crippen molar-refractivity contribution in [2.24, 2.45) is 0 Å². The molecule has 0 radical (unpaired) electrons. The average Bonchev–Trinajstić information content (AvgIpc) is 2.28. The van der Waals surface area contributed by atoms with E-state index in [2.05, 4.69) is 10.6 Å². The number of nitrogens with one attached hydrogen (secondary N) is 2. The molecular weight excluding hydrogens is 241 g/mol. The van der Waals surface area contributed by atoms with Crippen molar-refractivity contribution in [2.75, 3.05) is 11.9 Å². The number of carbonyl (C=O) groups excluding carboxylic acids is 1. The van der Waals surface area contributed by atoms with Crippen molar-refractivity contribution in [2.45, 2.75) is 19.9 Å². The van der Waals surface area contributed by atoms with E-state index in [0.29, 0.717) is 6.54 Å². The number of amides is 1. The lowest BCUT2D eigenvalue weighted by molar-refractivity contribution is -0.384. The maximum Gasteiger partial charge on any atom is 0.292 e. The minimum atomic E-state index is -0.689. The van der Waals surface area contributed by atoms with Gasteiger partial charge in [-0.2, -0.15) is 0 Å². The lowest BCUT2D eigenvalue weighted by atomic mass is 10.2. The van der Waals surface area contributed by atoms with Crippen molar-refractivity contribution in [3.63, 3.8) is 0 Å². The molecule has 1 amide bonds. The van der Waals surface area contributed by atoms with Gasteiger partial charge in [-0.15, -0.1) is 0 Å². The Balaban J connectivity index is 2.92. The maximum atomic E-state index is 13.0. The van der Waals surface area contributed by atoms with Gasteiger partial charge in [0.25, 0.3) is 5.69 Å². The SMILES string of the molecule is CCNC(=O)C(C)Nc1cc(F)ccc1[N+](=O)[O-]. The molecule has 1 aromatic rings. The molecule has 2 N–H and O–H groups in total. The Labute approximate surface area is 103 Å². The lowest BCUT2D eigenvalue weighted by Gasteiger charge is -2.14. The number of benzene rings is 1. The van der Waals surface area contributed by atoms with Crippen LogP contribution in [0.4, 0.5) is 15.8 Å². The third-order valence-electron chi connectivity index (χ3n) is 2.27. The van der Waals surface area contributed by atoms with E-state index in [9.17, 15) is 19.3 Å². The van der Waals surface area contributed by atoms with E-state index < -0.39 is 16.8 Å². The zero-order chi connectivity index (χ0) is 13.7. The van der Waals surface area contributed by atoms with Gasteiger partial charge in [0.15, 0.2) is 0 Å². The zero-order valence-electron chi connectivity index (χ0n) is 10.1. The summed E-state index contributed by atoms with van der Waals surface area (Å²) < 4.78 is 13.0. The number of nitrogens with zero attached hydrogens (tertiary/aromatic N) is 1. The summed E-state index contributed by atoms with van der Waals surface area (Å²) in [6.07, 6.45) is 0. The molecule has 1 rings (SSSR count). The molecule has 0 heterocycles. The summed E-state index contributed by atoms with van der Waals surface area (Å²) in [6.45, 7) is 3.75. The summed E-state index contributed by atoms with van der Waals surface area (Å²) in [4.78, 5) is 21.6. The molecule has 0 aromatic heterocycles. The van der Waals surface area contributed by atoms with Crippen LogP contribution < -0.4 is 10.6 Å². The van der Waals surface area contributed by atoms with E-state index in [4.69, 9.17) is 0 Å². The Morgan fingerprint density at radius 1 is 1.56 bits per heavy atom. The van der Waals surface area contributed by atoms with Crippen LogP contribution in [0, 0.1) is 15.9 Å². The molecule has 1 aromatic carbocycles. The highest BCUT2D eigenvalue weighted by Crippen LogP contribution is 2.25. The van der Waals surface area contributed by atoms with E-state index in [1.54, 1.807) is 13.8 Å². The highest BCUT2D eigenvalue weighted by atomic mass is 19.1. The van der Waals surface area contributed by atoms with E-state index in [0.717, 1.165) is 18.2 Å². The Hall–Kier alpha value is -2.18. The Bertz CT molecular complexity index is 465. The fourth-order valence-electron chi connectivity index (χ4n) is 1.41. The molecular formula is C11H14FN3O3. The van der Waals surface area contributed by atoms with E-state index in [1.807, 2.05) is 0 Å². The molecule has 0 aliphatic rings. The summed E-state index contributed by atoms with van der Waals surface area (Å²) in [6, 6.07) is 2.36. The second kappa shape index (κ2) is 5.95. The fraction of sp³-hybridized carbons (Fsp3) is 0.364. The molecule has 6 nitrogen and oxygen atoms in total. The standard InChI is InChI=1S/C11H14FN3O3/c1-3-13-11(16)7(2)14-9-6-8(12)4-5-10(9)15(17)18/h4-7,14H,3H2,1-2H3,(H,13,16). The Morgan fingerprint density at radius 2 is 2.22 bits per heavy atom. The van der Waals surface area contributed by atoms with Crippen LogP contribution in [0.25, 0.3) is 0 Å². The molecule has 0 bridgehead atoms. The fourth-order valence-corrected chi connectivity index (χ4v) is 1.41. The highest BCUT2D eigenvalue weighted by molar-refractivity contribution is 5.85. The van der Waals surface area contributed by atoms with Crippen LogP contribution >= 0.6 is 0 Å². The van der Waals surface area contributed by atoms with Gasteiger partial charge in [0.1, 0.15) is 17.5 Å². The van der Waals surface area contributed by atoms with Crippen molar-refractivity contribution in [3.05, 3.63) is 34.1 Å². The summed E-state index contributed by atoms with van der Waals surface area (Å²) in [5, 5.41) is 15.9. The third kappa shape index (κ3) is 3.41. The molecule has 1 atom stereocenters. The third-order valence-corrected chi connectivity index (χ3v) is 2.27. The molecule has 1 unspecified atom stereocenters. The first-order valence-corrected chi connectivity index (χ1v) is 5.44. The van der Waals surface area contributed by atoms with Crippen molar-refractivity contribution in [3.8, 4) is 0 Å². The number of nitro benzene ring substituents is 1. The first-order chi connectivity index (χ1) is 8.45. The lowest BCUT2D eigenvalue weighted by Crippen LogP contribution is -2.37. The quantitative estimate of drug-likeness (QED) is 0.619. The van der Waals surface area contributed by atoms with Gasteiger partial charge in [-0.05, 0) is 19.9 Å². The van der Waals surface area contributed by atoms with Crippen LogP contribution in [0.1, 0.15) is 13.8 Å². The van der Waals surface area contributed by atoms with Gasteiger partial charge in [-0.1, -0.05) is 0 Å². The Kier molecular flexibility index (Phi) is 4.59. The number of hydrogen-bond acceptors (Lipinski definition) is 4. The van der Waals surface area contributed by atoms with Crippen molar-refractivity contribution >= 4 is 17.3 Å². The number of rotatable bonds is 5. The normalized spacial score (nSPS) is 11.7. The summed E-state index contributed by atoms with van der Waals surface area (Å²) in [7, 11) is 0. The molecule has 7 heteroatoms. The maximum absolute atomic E-state index is 13.0. The van der Waals surface area contributed by atoms with Gasteiger partial charge in [0.05, 0.1) is 4.92 Å². The van der Waals surface area contributed by atoms with Crippen LogP contribution in [0.5, 0.6) is 0 Å². The van der Waals surface area contributed by atoms with Gasteiger partial charge in [-0.25, -0.2) is 4.39 Å². The van der Waals surface area contributed by atoms with Crippen LogP contribution in [-0.2, 0) is 4.79 Å². The van der Waals surface area contributed by atoms with Crippen LogP contribution in [0.3, 0.4) is 0 Å².